The van der Waals surface area contributed by atoms with Crippen molar-refractivity contribution in [3.8, 4) is 5.75 Å². The van der Waals surface area contributed by atoms with Crippen molar-refractivity contribution in [3.05, 3.63) is 24.3 Å². The molecule has 2 heterocycles. The van der Waals surface area contributed by atoms with E-state index >= 15 is 0 Å². The highest BCUT2D eigenvalue weighted by Crippen LogP contribution is 2.33. The Morgan fingerprint density at radius 2 is 1.81 bits per heavy atom. The van der Waals surface area contributed by atoms with Crippen LogP contribution in [0.5, 0.6) is 5.75 Å². The maximum Gasteiger partial charge on any atom is 0.238 e. The SMILES string of the molecule is CCOc1ccc(N2CC3CCC(C2)N3C(=O)CS(=O)(=O)CCN)cc1. The Bertz CT molecular complexity index is 721. The van der Waals surface area contributed by atoms with E-state index in [0.717, 1.165) is 37.4 Å². The summed E-state index contributed by atoms with van der Waals surface area (Å²) in [6, 6.07) is 8.12. The van der Waals surface area contributed by atoms with Gasteiger partial charge in [-0.25, -0.2) is 8.42 Å². The molecule has 2 aliphatic rings. The Kier molecular flexibility index (Phi) is 5.72. The van der Waals surface area contributed by atoms with Crippen molar-refractivity contribution >= 4 is 21.4 Å². The predicted molar refractivity (Wildman–Crippen MR) is 101 cm³/mol. The average Bonchev–Trinajstić information content (AvgIpc) is 2.86. The van der Waals surface area contributed by atoms with E-state index in [9.17, 15) is 13.2 Å². The van der Waals surface area contributed by atoms with E-state index in [1.165, 1.54) is 0 Å². The molecule has 0 spiro atoms. The maximum absolute atomic E-state index is 12.6. The van der Waals surface area contributed by atoms with Crippen molar-refractivity contribution in [2.45, 2.75) is 31.8 Å². The molecule has 8 heteroatoms. The second-order valence-electron chi connectivity index (χ2n) is 6.90. The van der Waals surface area contributed by atoms with Gasteiger partial charge in [0.15, 0.2) is 9.84 Å². The number of piperazine rings is 1. The summed E-state index contributed by atoms with van der Waals surface area (Å²) in [6.45, 7) is 4.10. The Morgan fingerprint density at radius 1 is 1.19 bits per heavy atom. The van der Waals surface area contributed by atoms with Gasteiger partial charge in [-0.05, 0) is 44.0 Å². The molecule has 2 fully saturated rings. The van der Waals surface area contributed by atoms with Crippen LogP contribution in [0, 0.1) is 0 Å². The number of ether oxygens (including phenoxy) is 1. The number of hydrogen-bond donors (Lipinski definition) is 1. The number of hydrogen-bond acceptors (Lipinski definition) is 6. The summed E-state index contributed by atoms with van der Waals surface area (Å²) in [5.41, 5.74) is 6.43. The van der Waals surface area contributed by atoms with Crippen LogP contribution in [-0.4, -0.2) is 69.1 Å². The van der Waals surface area contributed by atoms with Crippen molar-refractivity contribution in [2.24, 2.45) is 5.73 Å². The number of anilines is 1. The summed E-state index contributed by atoms with van der Waals surface area (Å²) in [5.74, 6) is -0.00375. The first-order valence-electron chi connectivity index (χ1n) is 9.13. The minimum Gasteiger partial charge on any atom is -0.494 e. The van der Waals surface area contributed by atoms with Gasteiger partial charge < -0.3 is 20.3 Å². The van der Waals surface area contributed by atoms with Crippen LogP contribution in [0.1, 0.15) is 19.8 Å². The highest BCUT2D eigenvalue weighted by molar-refractivity contribution is 7.92. The molecule has 0 radical (unpaired) electrons. The lowest BCUT2D eigenvalue weighted by Gasteiger charge is -2.42. The van der Waals surface area contributed by atoms with Crippen molar-refractivity contribution in [1.29, 1.82) is 0 Å². The number of amides is 1. The molecule has 3 rings (SSSR count). The fourth-order valence-electron chi connectivity index (χ4n) is 3.96. The van der Waals surface area contributed by atoms with Gasteiger partial charge in [-0.2, -0.15) is 0 Å². The number of benzene rings is 1. The molecule has 1 aromatic carbocycles. The minimum absolute atomic E-state index is 0.0496. The number of carbonyl (C=O) groups excluding carboxylic acids is 1. The van der Waals surface area contributed by atoms with Gasteiger partial charge in [0.1, 0.15) is 11.5 Å². The van der Waals surface area contributed by atoms with Crippen LogP contribution in [-0.2, 0) is 14.6 Å². The molecule has 0 saturated carbocycles. The van der Waals surface area contributed by atoms with E-state index < -0.39 is 15.6 Å². The van der Waals surface area contributed by atoms with Crippen LogP contribution in [0.4, 0.5) is 5.69 Å². The van der Waals surface area contributed by atoms with Crippen LogP contribution in [0.25, 0.3) is 0 Å². The topological polar surface area (TPSA) is 92.9 Å². The standard InChI is InChI=1S/C18H27N3O4S/c1-2-25-17-7-5-14(6-8-17)20-11-15-3-4-16(12-20)21(15)18(22)13-26(23,24)10-9-19/h5-8,15-16H,2-4,9-13,19H2,1H3. The Labute approximate surface area is 155 Å². The van der Waals surface area contributed by atoms with Gasteiger partial charge >= 0.3 is 0 Å². The second kappa shape index (κ2) is 7.84. The highest BCUT2D eigenvalue weighted by Gasteiger charge is 2.43. The van der Waals surface area contributed by atoms with Gasteiger partial charge in [-0.3, -0.25) is 4.79 Å². The third-order valence-electron chi connectivity index (χ3n) is 5.06. The molecule has 144 valence electrons. The summed E-state index contributed by atoms with van der Waals surface area (Å²) >= 11 is 0. The zero-order valence-corrected chi connectivity index (χ0v) is 16.0. The van der Waals surface area contributed by atoms with Crippen LogP contribution >= 0.6 is 0 Å². The van der Waals surface area contributed by atoms with Gasteiger partial charge in [-0.1, -0.05) is 0 Å². The van der Waals surface area contributed by atoms with Crippen molar-refractivity contribution in [2.75, 3.05) is 42.6 Å². The monoisotopic (exact) mass is 381 g/mol. The molecule has 2 saturated heterocycles. The lowest BCUT2D eigenvalue weighted by atomic mass is 10.1. The molecule has 26 heavy (non-hydrogen) atoms. The molecule has 2 atom stereocenters. The molecule has 2 bridgehead atoms. The zero-order chi connectivity index (χ0) is 18.7. The molecule has 2 unspecified atom stereocenters. The summed E-state index contributed by atoms with van der Waals surface area (Å²) in [5, 5.41) is 0. The number of carbonyl (C=O) groups is 1. The molecule has 1 aromatic rings. The molecule has 0 aliphatic carbocycles. The highest BCUT2D eigenvalue weighted by atomic mass is 32.2. The smallest absolute Gasteiger partial charge is 0.238 e. The first kappa shape index (κ1) is 19.0. The second-order valence-corrected chi connectivity index (χ2v) is 9.08. The molecular weight excluding hydrogens is 354 g/mol. The van der Waals surface area contributed by atoms with Gasteiger partial charge in [0.25, 0.3) is 0 Å². The first-order chi connectivity index (χ1) is 12.4. The largest absolute Gasteiger partial charge is 0.494 e. The van der Waals surface area contributed by atoms with Gasteiger partial charge in [-0.15, -0.1) is 0 Å². The number of nitrogens with zero attached hydrogens (tertiary/aromatic N) is 2. The van der Waals surface area contributed by atoms with E-state index in [0.29, 0.717) is 6.61 Å². The third-order valence-corrected chi connectivity index (χ3v) is 6.60. The molecule has 2 N–H and O–H groups in total. The Hall–Kier alpha value is -1.80. The summed E-state index contributed by atoms with van der Waals surface area (Å²) < 4.78 is 29.4. The van der Waals surface area contributed by atoms with Gasteiger partial charge in [0.05, 0.1) is 12.4 Å². The number of sulfone groups is 1. The summed E-state index contributed by atoms with van der Waals surface area (Å²) in [6.07, 6.45) is 1.84. The summed E-state index contributed by atoms with van der Waals surface area (Å²) in [7, 11) is -3.42. The average molecular weight is 381 g/mol. The number of nitrogens with two attached hydrogens (primary N) is 1. The van der Waals surface area contributed by atoms with Crippen LogP contribution in [0.3, 0.4) is 0 Å². The minimum atomic E-state index is -3.42. The first-order valence-corrected chi connectivity index (χ1v) is 10.9. The lowest BCUT2D eigenvalue weighted by Crippen LogP contribution is -2.57. The molecule has 2 aliphatic heterocycles. The molecule has 0 aromatic heterocycles. The Morgan fingerprint density at radius 3 is 2.35 bits per heavy atom. The number of fused-ring (bicyclic) bond motifs is 2. The quantitative estimate of drug-likeness (QED) is 0.745. The summed E-state index contributed by atoms with van der Waals surface area (Å²) in [4.78, 5) is 16.7. The van der Waals surface area contributed by atoms with Crippen LogP contribution < -0.4 is 15.4 Å². The maximum atomic E-state index is 12.6. The van der Waals surface area contributed by atoms with E-state index in [1.807, 2.05) is 31.2 Å². The molecular formula is C18H27N3O4S. The fraction of sp³-hybridized carbons (Fsp3) is 0.611. The predicted octanol–water partition coefficient (Wildman–Crippen LogP) is 0.638. The van der Waals surface area contributed by atoms with Crippen LogP contribution in [0.2, 0.25) is 0 Å². The molecule has 1 amide bonds. The Balaban J connectivity index is 1.66. The fourth-order valence-corrected chi connectivity index (χ4v) is 4.98. The normalized spacial score (nSPS) is 22.5. The van der Waals surface area contributed by atoms with Gasteiger partial charge in [0.2, 0.25) is 5.91 Å². The third kappa shape index (κ3) is 4.12. The van der Waals surface area contributed by atoms with E-state index in [-0.39, 0.29) is 30.3 Å². The number of rotatable bonds is 7. The van der Waals surface area contributed by atoms with E-state index in [4.69, 9.17) is 10.5 Å². The van der Waals surface area contributed by atoms with Gasteiger partial charge in [0, 0.05) is 37.4 Å². The van der Waals surface area contributed by atoms with E-state index in [2.05, 4.69) is 4.90 Å². The molecule has 7 nitrogen and oxygen atoms in total. The van der Waals surface area contributed by atoms with Crippen molar-refractivity contribution in [3.63, 3.8) is 0 Å². The van der Waals surface area contributed by atoms with Crippen LogP contribution in [0.15, 0.2) is 24.3 Å². The van der Waals surface area contributed by atoms with Crippen molar-refractivity contribution < 1.29 is 17.9 Å². The lowest BCUT2D eigenvalue weighted by molar-refractivity contribution is -0.131. The zero-order valence-electron chi connectivity index (χ0n) is 15.1. The van der Waals surface area contributed by atoms with E-state index in [1.54, 1.807) is 4.90 Å². The van der Waals surface area contributed by atoms with Crippen molar-refractivity contribution in [1.82, 2.24) is 4.90 Å².